The van der Waals surface area contributed by atoms with E-state index in [2.05, 4.69) is 10.1 Å². The molecule has 0 saturated carbocycles. The topological polar surface area (TPSA) is 68.5 Å². The monoisotopic (exact) mass is 365 g/mol. The molecule has 0 fully saturated rings. The average molecular weight is 365 g/mol. The zero-order chi connectivity index (χ0) is 19.2. The Morgan fingerprint density at radius 2 is 1.96 bits per heavy atom. The van der Waals surface area contributed by atoms with Crippen LogP contribution in [0.15, 0.2) is 53.1 Å². The second kappa shape index (κ2) is 8.49. The number of ether oxygens (including phenoxy) is 1. The Balaban J connectivity index is 1.52. The fraction of sp³-hybridized carbons (Fsp3) is 0.286. The van der Waals surface area contributed by atoms with Crippen LogP contribution in [-0.2, 0) is 13.0 Å². The molecule has 0 aliphatic heterocycles. The van der Waals surface area contributed by atoms with Gasteiger partial charge in [0.2, 0.25) is 0 Å². The van der Waals surface area contributed by atoms with Crippen LogP contribution in [0.5, 0.6) is 5.75 Å². The second-order valence-corrected chi connectivity index (χ2v) is 6.50. The molecule has 6 heteroatoms. The van der Waals surface area contributed by atoms with E-state index < -0.39 is 0 Å². The first-order valence-electron chi connectivity index (χ1n) is 8.85. The molecule has 3 rings (SSSR count). The number of rotatable bonds is 7. The molecule has 1 aromatic heterocycles. The SMILES string of the molecule is Cc1cccc(C(=O)N(C)CCc2noc(COc3ccccc3C)n2)c1. The van der Waals surface area contributed by atoms with Gasteiger partial charge in [0.15, 0.2) is 12.4 Å². The van der Waals surface area contributed by atoms with E-state index in [9.17, 15) is 4.79 Å². The first-order chi connectivity index (χ1) is 13.0. The van der Waals surface area contributed by atoms with E-state index in [0.717, 1.165) is 16.9 Å². The summed E-state index contributed by atoms with van der Waals surface area (Å²) in [6, 6.07) is 15.3. The number of benzene rings is 2. The predicted octanol–water partition coefficient (Wildman–Crippen LogP) is 3.58. The van der Waals surface area contributed by atoms with Gasteiger partial charge in [-0.15, -0.1) is 0 Å². The molecule has 27 heavy (non-hydrogen) atoms. The molecule has 0 aliphatic rings. The molecule has 0 spiro atoms. The lowest BCUT2D eigenvalue weighted by atomic mass is 10.1. The largest absolute Gasteiger partial charge is 0.483 e. The normalized spacial score (nSPS) is 10.6. The minimum absolute atomic E-state index is 0.0229. The lowest BCUT2D eigenvalue weighted by molar-refractivity contribution is 0.0795. The minimum Gasteiger partial charge on any atom is -0.483 e. The maximum atomic E-state index is 12.5. The van der Waals surface area contributed by atoms with Crippen molar-refractivity contribution in [1.29, 1.82) is 0 Å². The van der Waals surface area contributed by atoms with Crippen LogP contribution in [0.25, 0.3) is 0 Å². The highest BCUT2D eigenvalue weighted by atomic mass is 16.5. The lowest BCUT2D eigenvalue weighted by Crippen LogP contribution is -2.29. The molecule has 6 nitrogen and oxygen atoms in total. The summed E-state index contributed by atoms with van der Waals surface area (Å²) >= 11 is 0. The van der Waals surface area contributed by atoms with Gasteiger partial charge in [-0.3, -0.25) is 4.79 Å². The number of aryl methyl sites for hydroxylation is 2. The van der Waals surface area contributed by atoms with E-state index in [1.54, 1.807) is 11.9 Å². The highest BCUT2D eigenvalue weighted by molar-refractivity contribution is 5.94. The zero-order valence-corrected chi connectivity index (χ0v) is 15.8. The number of aromatic nitrogens is 2. The van der Waals surface area contributed by atoms with Gasteiger partial charge in [-0.2, -0.15) is 4.98 Å². The molecule has 140 valence electrons. The molecule has 0 aliphatic carbocycles. The number of amides is 1. The predicted molar refractivity (Wildman–Crippen MR) is 102 cm³/mol. The van der Waals surface area contributed by atoms with Crippen LogP contribution in [0.1, 0.15) is 33.2 Å². The van der Waals surface area contributed by atoms with Gasteiger partial charge in [-0.1, -0.05) is 41.1 Å². The van der Waals surface area contributed by atoms with Crippen molar-refractivity contribution >= 4 is 5.91 Å². The summed E-state index contributed by atoms with van der Waals surface area (Å²) in [6.07, 6.45) is 0.516. The Bertz CT molecular complexity index is 920. The van der Waals surface area contributed by atoms with E-state index in [0.29, 0.717) is 30.2 Å². The fourth-order valence-corrected chi connectivity index (χ4v) is 2.68. The Labute approximate surface area is 158 Å². The third-order valence-electron chi connectivity index (χ3n) is 4.24. The van der Waals surface area contributed by atoms with E-state index in [1.807, 2.05) is 62.4 Å². The summed E-state index contributed by atoms with van der Waals surface area (Å²) in [4.78, 5) is 18.5. The molecule has 0 unspecified atom stereocenters. The second-order valence-electron chi connectivity index (χ2n) is 6.50. The summed E-state index contributed by atoms with van der Waals surface area (Å²) < 4.78 is 10.9. The van der Waals surface area contributed by atoms with Crippen molar-refractivity contribution in [3.8, 4) is 5.75 Å². The number of likely N-dealkylation sites (N-methyl/N-ethyl adjacent to an activating group) is 1. The van der Waals surface area contributed by atoms with Gasteiger partial charge in [0, 0.05) is 25.6 Å². The van der Waals surface area contributed by atoms with Crippen molar-refractivity contribution in [3.05, 3.63) is 76.9 Å². The average Bonchev–Trinajstić information content (AvgIpc) is 3.13. The number of carbonyl (C=O) groups excluding carboxylic acids is 1. The Hall–Kier alpha value is -3.15. The van der Waals surface area contributed by atoms with Crippen molar-refractivity contribution in [1.82, 2.24) is 15.0 Å². The molecule has 0 N–H and O–H groups in total. The van der Waals surface area contributed by atoms with Gasteiger partial charge in [0.05, 0.1) is 0 Å². The third kappa shape index (κ3) is 4.94. The fourth-order valence-electron chi connectivity index (χ4n) is 2.68. The van der Waals surface area contributed by atoms with Crippen molar-refractivity contribution in [2.75, 3.05) is 13.6 Å². The summed E-state index contributed by atoms with van der Waals surface area (Å²) in [7, 11) is 1.77. The van der Waals surface area contributed by atoms with Gasteiger partial charge >= 0.3 is 0 Å². The maximum absolute atomic E-state index is 12.5. The molecule has 2 aromatic carbocycles. The maximum Gasteiger partial charge on any atom is 0.264 e. The van der Waals surface area contributed by atoms with E-state index in [4.69, 9.17) is 9.26 Å². The Kier molecular flexibility index (Phi) is 5.86. The number of carbonyl (C=O) groups is 1. The number of hydrogen-bond donors (Lipinski definition) is 0. The smallest absolute Gasteiger partial charge is 0.264 e. The van der Waals surface area contributed by atoms with Gasteiger partial charge in [-0.25, -0.2) is 0 Å². The van der Waals surface area contributed by atoms with Crippen LogP contribution < -0.4 is 4.74 Å². The summed E-state index contributed by atoms with van der Waals surface area (Å²) in [5, 5.41) is 3.96. The zero-order valence-electron chi connectivity index (χ0n) is 15.8. The minimum atomic E-state index is -0.0229. The van der Waals surface area contributed by atoms with Crippen molar-refractivity contribution in [2.45, 2.75) is 26.9 Å². The Morgan fingerprint density at radius 3 is 2.74 bits per heavy atom. The molecule has 0 atom stereocenters. The quantitative estimate of drug-likeness (QED) is 0.640. The number of hydrogen-bond acceptors (Lipinski definition) is 5. The van der Waals surface area contributed by atoms with Gasteiger partial charge < -0.3 is 14.2 Å². The van der Waals surface area contributed by atoms with Crippen LogP contribution in [-0.4, -0.2) is 34.5 Å². The standard InChI is InChI=1S/C21H23N3O3/c1-15-7-6-9-17(13-15)21(25)24(3)12-11-19-22-20(27-23-19)14-26-18-10-5-4-8-16(18)2/h4-10,13H,11-12,14H2,1-3H3. The van der Waals surface area contributed by atoms with E-state index >= 15 is 0 Å². The van der Waals surface area contributed by atoms with Crippen molar-refractivity contribution in [3.63, 3.8) is 0 Å². The van der Waals surface area contributed by atoms with Crippen LogP contribution >= 0.6 is 0 Å². The lowest BCUT2D eigenvalue weighted by Gasteiger charge is -2.16. The van der Waals surface area contributed by atoms with Crippen LogP contribution in [0, 0.1) is 13.8 Å². The van der Waals surface area contributed by atoms with Crippen LogP contribution in [0.2, 0.25) is 0 Å². The van der Waals surface area contributed by atoms with Gasteiger partial charge in [-0.05, 0) is 37.6 Å². The molecular weight excluding hydrogens is 342 g/mol. The number of para-hydroxylation sites is 1. The van der Waals surface area contributed by atoms with Crippen molar-refractivity contribution < 1.29 is 14.1 Å². The highest BCUT2D eigenvalue weighted by Crippen LogP contribution is 2.17. The van der Waals surface area contributed by atoms with Crippen LogP contribution in [0.3, 0.4) is 0 Å². The van der Waals surface area contributed by atoms with E-state index in [1.165, 1.54) is 0 Å². The Morgan fingerprint density at radius 1 is 1.15 bits per heavy atom. The summed E-state index contributed by atoms with van der Waals surface area (Å²) in [6.45, 7) is 4.67. The van der Waals surface area contributed by atoms with Crippen molar-refractivity contribution in [2.24, 2.45) is 0 Å². The van der Waals surface area contributed by atoms with E-state index in [-0.39, 0.29) is 12.5 Å². The summed E-state index contributed by atoms with van der Waals surface area (Å²) in [5.74, 6) is 1.74. The third-order valence-corrected chi connectivity index (χ3v) is 4.24. The number of nitrogens with zero attached hydrogens (tertiary/aromatic N) is 3. The molecule has 1 heterocycles. The first kappa shape index (κ1) is 18.6. The molecule has 0 radical (unpaired) electrons. The molecule has 1 amide bonds. The molecule has 3 aromatic rings. The molecule has 0 saturated heterocycles. The summed E-state index contributed by atoms with van der Waals surface area (Å²) in [5.41, 5.74) is 2.79. The molecular formula is C21H23N3O3. The molecule has 0 bridgehead atoms. The van der Waals surface area contributed by atoms with Gasteiger partial charge in [0.1, 0.15) is 5.75 Å². The highest BCUT2D eigenvalue weighted by Gasteiger charge is 2.14. The van der Waals surface area contributed by atoms with Crippen LogP contribution in [0.4, 0.5) is 0 Å². The van der Waals surface area contributed by atoms with Gasteiger partial charge in [0.25, 0.3) is 11.8 Å². The first-order valence-corrected chi connectivity index (χ1v) is 8.85.